The molecule has 7 heteroatoms. The highest BCUT2D eigenvalue weighted by Crippen LogP contribution is 2.33. The average molecular weight is 357 g/mol. The lowest BCUT2D eigenvalue weighted by atomic mass is 10.2. The first-order valence-electron chi connectivity index (χ1n) is 7.70. The number of carbonyl (C=O) groups excluding carboxylic acids is 1. The molecular weight excluding hydrogens is 338 g/mol. The number of aromatic amines is 1. The van der Waals surface area contributed by atoms with Crippen LogP contribution in [-0.4, -0.2) is 19.3 Å². The maximum atomic E-state index is 13.3. The number of fused-ring (bicyclic) bond motifs is 1. The van der Waals surface area contributed by atoms with Crippen LogP contribution in [0.25, 0.3) is 10.9 Å². The minimum Gasteiger partial charge on any atom is -0.399 e. The molecule has 0 saturated heterocycles. The predicted molar refractivity (Wildman–Crippen MR) is 97.0 cm³/mol. The lowest BCUT2D eigenvalue weighted by Gasteiger charge is -2.09. The summed E-state index contributed by atoms with van der Waals surface area (Å²) in [5, 5.41) is 0.454. The third-order valence-corrected chi connectivity index (χ3v) is 5.83. The Kier molecular flexibility index (Phi) is 4.04. The maximum absolute atomic E-state index is 13.3. The fourth-order valence-electron chi connectivity index (χ4n) is 3.05. The Morgan fingerprint density at radius 3 is 2.32 bits per heavy atom. The summed E-state index contributed by atoms with van der Waals surface area (Å²) in [5.41, 5.74) is 14.1. The number of nitrogen functional groups attached to an aromatic ring is 1. The van der Waals surface area contributed by atoms with Crippen LogP contribution in [0.2, 0.25) is 0 Å². The zero-order chi connectivity index (χ0) is 18.4. The second-order valence-corrected chi connectivity index (χ2v) is 8.09. The van der Waals surface area contributed by atoms with Gasteiger partial charge in [0.2, 0.25) is 15.7 Å². The maximum Gasteiger partial charge on any atom is 0.223 e. The Morgan fingerprint density at radius 2 is 1.72 bits per heavy atom. The predicted octanol–water partition coefficient (Wildman–Crippen LogP) is 2.23. The number of sulfone groups is 1. The average Bonchev–Trinajstić information content (AvgIpc) is 2.82. The van der Waals surface area contributed by atoms with Crippen LogP contribution in [0.15, 0.2) is 46.2 Å². The van der Waals surface area contributed by atoms with Crippen LogP contribution in [0.5, 0.6) is 0 Å². The summed E-state index contributed by atoms with van der Waals surface area (Å²) in [6.07, 6.45) is -0.200. The van der Waals surface area contributed by atoms with Gasteiger partial charge in [-0.25, -0.2) is 8.42 Å². The van der Waals surface area contributed by atoms with E-state index in [0.29, 0.717) is 16.6 Å². The fourth-order valence-corrected chi connectivity index (χ4v) is 4.88. The van der Waals surface area contributed by atoms with Crippen LogP contribution >= 0.6 is 0 Å². The summed E-state index contributed by atoms with van der Waals surface area (Å²) in [6, 6.07) is 10.1. The lowest BCUT2D eigenvalue weighted by Crippen LogP contribution is -2.16. The van der Waals surface area contributed by atoms with Gasteiger partial charge in [0, 0.05) is 22.3 Å². The van der Waals surface area contributed by atoms with Crippen molar-refractivity contribution >= 4 is 32.3 Å². The van der Waals surface area contributed by atoms with Gasteiger partial charge in [-0.2, -0.15) is 0 Å². The third kappa shape index (κ3) is 3.10. The first-order chi connectivity index (χ1) is 11.7. The molecule has 5 N–H and O–H groups in total. The number of nitrogens with two attached hydrogens (primary N) is 2. The number of hydrogen-bond donors (Lipinski definition) is 3. The first-order valence-corrected chi connectivity index (χ1v) is 9.18. The summed E-state index contributed by atoms with van der Waals surface area (Å²) in [5.74, 6) is -0.614. The SMILES string of the molecule is Cc1cc(C)cc(S(=O)(=O)c2c(CC(N)=O)[nH]c3ccc(N)cc23)c1. The quantitative estimate of drug-likeness (QED) is 0.620. The van der Waals surface area contributed by atoms with Crippen LogP contribution in [0.3, 0.4) is 0 Å². The van der Waals surface area contributed by atoms with Crippen molar-refractivity contribution in [3.8, 4) is 0 Å². The van der Waals surface area contributed by atoms with Crippen molar-refractivity contribution in [3.05, 3.63) is 53.2 Å². The molecule has 0 atom stereocenters. The minimum absolute atomic E-state index is 0.0543. The summed E-state index contributed by atoms with van der Waals surface area (Å²) < 4.78 is 26.6. The lowest BCUT2D eigenvalue weighted by molar-refractivity contribution is -0.117. The number of benzene rings is 2. The van der Waals surface area contributed by atoms with Crippen LogP contribution in [-0.2, 0) is 21.1 Å². The molecule has 0 fully saturated rings. The summed E-state index contributed by atoms with van der Waals surface area (Å²) in [4.78, 5) is 14.6. The minimum atomic E-state index is -3.85. The Labute approximate surface area is 145 Å². The largest absolute Gasteiger partial charge is 0.399 e. The number of aromatic nitrogens is 1. The highest BCUT2D eigenvalue weighted by atomic mass is 32.2. The van der Waals surface area contributed by atoms with E-state index in [1.165, 1.54) is 0 Å². The topological polar surface area (TPSA) is 119 Å². The Balaban J connectivity index is 2.35. The highest BCUT2D eigenvalue weighted by Gasteiger charge is 2.27. The van der Waals surface area contributed by atoms with Gasteiger partial charge >= 0.3 is 0 Å². The molecule has 3 aromatic rings. The molecule has 0 aliphatic carbocycles. The van der Waals surface area contributed by atoms with Gasteiger partial charge in [0.15, 0.2) is 0 Å². The number of aryl methyl sites for hydroxylation is 2. The number of hydrogen-bond acceptors (Lipinski definition) is 4. The number of nitrogens with one attached hydrogen (secondary N) is 1. The van der Waals surface area contributed by atoms with E-state index in [-0.39, 0.29) is 21.9 Å². The van der Waals surface area contributed by atoms with E-state index in [4.69, 9.17) is 11.5 Å². The van der Waals surface area contributed by atoms with Gasteiger partial charge in [-0.05, 0) is 55.3 Å². The van der Waals surface area contributed by atoms with Crippen LogP contribution in [0, 0.1) is 13.8 Å². The van der Waals surface area contributed by atoms with E-state index in [2.05, 4.69) is 4.98 Å². The molecule has 0 bridgehead atoms. The molecule has 2 aromatic carbocycles. The highest BCUT2D eigenvalue weighted by molar-refractivity contribution is 7.91. The number of anilines is 1. The molecule has 0 saturated carbocycles. The van der Waals surface area contributed by atoms with Gasteiger partial charge < -0.3 is 16.5 Å². The molecule has 3 rings (SSSR count). The molecule has 0 aliphatic rings. The second-order valence-electron chi connectivity index (χ2n) is 6.21. The zero-order valence-electron chi connectivity index (χ0n) is 14.0. The van der Waals surface area contributed by atoms with Crippen LogP contribution in [0.1, 0.15) is 16.8 Å². The standard InChI is InChI=1S/C18H19N3O3S/c1-10-5-11(2)7-13(6-10)25(23,24)18-14-8-12(19)3-4-15(14)21-16(18)9-17(20)22/h3-8,21H,9,19H2,1-2H3,(H2,20,22). The number of primary amides is 1. The van der Waals surface area contributed by atoms with Gasteiger partial charge in [-0.3, -0.25) is 4.79 Å². The number of rotatable bonds is 4. The molecule has 0 aliphatic heterocycles. The van der Waals surface area contributed by atoms with Crippen LogP contribution < -0.4 is 11.5 Å². The van der Waals surface area contributed by atoms with Crippen molar-refractivity contribution in [3.63, 3.8) is 0 Å². The summed E-state index contributed by atoms with van der Waals surface area (Å²) in [7, 11) is -3.85. The fraction of sp³-hybridized carbons (Fsp3) is 0.167. The Hall–Kier alpha value is -2.80. The van der Waals surface area contributed by atoms with Crippen molar-refractivity contribution in [2.45, 2.75) is 30.1 Å². The number of H-pyrrole nitrogens is 1. The molecule has 1 amide bonds. The molecule has 1 heterocycles. The Morgan fingerprint density at radius 1 is 1.08 bits per heavy atom. The van der Waals surface area contributed by atoms with Gasteiger partial charge in [0.1, 0.15) is 4.90 Å². The van der Waals surface area contributed by atoms with E-state index in [0.717, 1.165) is 11.1 Å². The molecule has 25 heavy (non-hydrogen) atoms. The van der Waals surface area contributed by atoms with E-state index >= 15 is 0 Å². The molecule has 0 radical (unpaired) electrons. The molecule has 1 aromatic heterocycles. The van der Waals surface area contributed by atoms with E-state index in [9.17, 15) is 13.2 Å². The van der Waals surface area contributed by atoms with Crippen molar-refractivity contribution in [1.82, 2.24) is 4.98 Å². The van der Waals surface area contributed by atoms with E-state index in [1.54, 1.807) is 30.3 Å². The Bertz CT molecular complexity index is 1080. The molecule has 130 valence electrons. The van der Waals surface area contributed by atoms with Gasteiger partial charge in [-0.1, -0.05) is 6.07 Å². The summed E-state index contributed by atoms with van der Waals surface area (Å²) in [6.45, 7) is 3.67. The van der Waals surface area contributed by atoms with Crippen LogP contribution in [0.4, 0.5) is 5.69 Å². The monoisotopic (exact) mass is 357 g/mol. The van der Waals surface area contributed by atoms with Crippen molar-refractivity contribution < 1.29 is 13.2 Å². The van der Waals surface area contributed by atoms with E-state index < -0.39 is 15.7 Å². The van der Waals surface area contributed by atoms with Crippen molar-refractivity contribution in [2.75, 3.05) is 5.73 Å². The first kappa shape index (κ1) is 17.0. The van der Waals surface area contributed by atoms with Crippen molar-refractivity contribution in [2.24, 2.45) is 5.73 Å². The zero-order valence-corrected chi connectivity index (χ0v) is 14.8. The number of carbonyl (C=O) groups is 1. The third-order valence-electron chi connectivity index (χ3n) is 3.97. The van der Waals surface area contributed by atoms with Gasteiger partial charge in [0.05, 0.1) is 11.3 Å². The second kappa shape index (κ2) is 5.93. The number of amides is 1. The summed E-state index contributed by atoms with van der Waals surface area (Å²) >= 11 is 0. The normalized spacial score (nSPS) is 11.8. The van der Waals surface area contributed by atoms with Gasteiger partial charge in [0.25, 0.3) is 0 Å². The van der Waals surface area contributed by atoms with Crippen molar-refractivity contribution in [1.29, 1.82) is 0 Å². The molecule has 0 spiro atoms. The van der Waals surface area contributed by atoms with E-state index in [1.807, 2.05) is 19.9 Å². The molecular formula is C18H19N3O3S. The smallest absolute Gasteiger partial charge is 0.223 e. The molecule has 6 nitrogen and oxygen atoms in total. The van der Waals surface area contributed by atoms with Gasteiger partial charge in [-0.15, -0.1) is 0 Å². The molecule has 0 unspecified atom stereocenters.